The molecule has 100 valence electrons. The molecular weight excluding hydrogens is 304 g/mol. The van der Waals surface area contributed by atoms with Crippen molar-refractivity contribution in [3.8, 4) is 0 Å². The Morgan fingerprint density at radius 2 is 2.00 bits per heavy atom. The molecule has 1 saturated carbocycles. The molecule has 0 radical (unpaired) electrons. The molecule has 1 aromatic heterocycles. The molecule has 0 N–H and O–H groups in total. The van der Waals surface area contributed by atoms with Crippen LogP contribution in [0.25, 0.3) is 10.9 Å². The Hall–Kier alpha value is -1.16. The van der Waals surface area contributed by atoms with E-state index in [1.54, 1.807) is 0 Å². The summed E-state index contributed by atoms with van der Waals surface area (Å²) in [4.78, 5) is 17.3. The molecule has 2 aromatic rings. The van der Waals surface area contributed by atoms with Crippen molar-refractivity contribution in [3.63, 3.8) is 0 Å². The van der Waals surface area contributed by atoms with Crippen molar-refractivity contribution in [2.45, 2.75) is 45.1 Å². The van der Waals surface area contributed by atoms with E-state index in [0.717, 1.165) is 28.7 Å². The number of aromatic nitrogens is 2. The summed E-state index contributed by atoms with van der Waals surface area (Å²) >= 11 is 3.43. The Morgan fingerprint density at radius 1 is 1.26 bits per heavy atom. The third kappa shape index (κ3) is 2.34. The van der Waals surface area contributed by atoms with E-state index < -0.39 is 0 Å². The van der Waals surface area contributed by atoms with Crippen LogP contribution in [0.5, 0.6) is 0 Å². The van der Waals surface area contributed by atoms with Crippen molar-refractivity contribution in [3.05, 3.63) is 38.9 Å². The average molecular weight is 321 g/mol. The lowest BCUT2D eigenvalue weighted by Gasteiger charge is -2.25. The van der Waals surface area contributed by atoms with Gasteiger partial charge in [0.25, 0.3) is 5.56 Å². The molecule has 4 heteroatoms. The minimum absolute atomic E-state index is 0.107. The molecule has 1 aliphatic carbocycles. The highest BCUT2D eigenvalue weighted by Crippen LogP contribution is 2.28. The second-order valence-corrected chi connectivity index (χ2v) is 6.20. The van der Waals surface area contributed by atoms with Gasteiger partial charge in [-0.05, 0) is 38.0 Å². The molecule has 0 atom stereocenters. The van der Waals surface area contributed by atoms with Crippen molar-refractivity contribution in [2.24, 2.45) is 0 Å². The second-order valence-electron chi connectivity index (χ2n) is 5.29. The predicted molar refractivity (Wildman–Crippen MR) is 80.6 cm³/mol. The number of fused-ring (bicyclic) bond motifs is 1. The lowest BCUT2D eigenvalue weighted by atomic mass is 9.95. The highest BCUT2D eigenvalue weighted by molar-refractivity contribution is 9.10. The fraction of sp³-hybridized carbons (Fsp3) is 0.467. The minimum Gasteiger partial charge on any atom is -0.293 e. The number of hydrogen-bond donors (Lipinski definition) is 0. The maximum atomic E-state index is 12.7. The number of halogens is 1. The van der Waals surface area contributed by atoms with Gasteiger partial charge in [-0.15, -0.1) is 0 Å². The SMILES string of the molecule is Cc1nc2ccc(Br)cc2c(=O)n1C1CCCCC1. The summed E-state index contributed by atoms with van der Waals surface area (Å²) in [7, 11) is 0. The summed E-state index contributed by atoms with van der Waals surface area (Å²) in [5.41, 5.74) is 0.897. The van der Waals surface area contributed by atoms with Gasteiger partial charge >= 0.3 is 0 Å². The van der Waals surface area contributed by atoms with Crippen LogP contribution < -0.4 is 5.56 Å². The third-order valence-corrected chi connectivity index (χ3v) is 4.47. The van der Waals surface area contributed by atoms with E-state index in [-0.39, 0.29) is 5.56 Å². The second kappa shape index (κ2) is 5.08. The Bertz CT molecular complexity index is 672. The molecule has 0 saturated heterocycles. The standard InChI is InChI=1S/C15H17BrN2O/c1-10-17-14-8-7-11(16)9-13(14)15(19)18(10)12-5-3-2-4-6-12/h7-9,12H,2-6H2,1H3. The van der Waals surface area contributed by atoms with Crippen LogP contribution in [0.15, 0.2) is 27.5 Å². The summed E-state index contributed by atoms with van der Waals surface area (Å²) in [6.45, 7) is 1.94. The van der Waals surface area contributed by atoms with E-state index >= 15 is 0 Å². The van der Waals surface area contributed by atoms with Crippen molar-refractivity contribution in [2.75, 3.05) is 0 Å². The molecule has 0 aliphatic heterocycles. The van der Waals surface area contributed by atoms with Crippen molar-refractivity contribution >= 4 is 26.8 Å². The molecule has 19 heavy (non-hydrogen) atoms. The normalized spacial score (nSPS) is 16.9. The van der Waals surface area contributed by atoms with Crippen LogP contribution in [0.1, 0.15) is 44.0 Å². The number of aryl methyl sites for hydroxylation is 1. The first-order valence-electron chi connectivity index (χ1n) is 6.85. The highest BCUT2D eigenvalue weighted by Gasteiger charge is 2.19. The van der Waals surface area contributed by atoms with Gasteiger partial charge in [-0.25, -0.2) is 4.98 Å². The Balaban J connectivity index is 2.21. The van der Waals surface area contributed by atoms with Crippen LogP contribution in [0.2, 0.25) is 0 Å². The molecule has 3 rings (SSSR count). The van der Waals surface area contributed by atoms with Gasteiger partial charge in [0.05, 0.1) is 10.9 Å². The molecule has 1 fully saturated rings. The monoisotopic (exact) mass is 320 g/mol. The molecule has 1 aromatic carbocycles. The first kappa shape index (κ1) is 12.9. The smallest absolute Gasteiger partial charge is 0.261 e. The summed E-state index contributed by atoms with van der Waals surface area (Å²) in [5.74, 6) is 0.840. The van der Waals surface area contributed by atoms with Crippen LogP contribution in [-0.2, 0) is 0 Å². The Labute approximate surface area is 120 Å². The van der Waals surface area contributed by atoms with Crippen LogP contribution >= 0.6 is 15.9 Å². The van der Waals surface area contributed by atoms with Crippen molar-refractivity contribution < 1.29 is 0 Å². The van der Waals surface area contributed by atoms with Crippen LogP contribution in [0.4, 0.5) is 0 Å². The quantitative estimate of drug-likeness (QED) is 0.796. The predicted octanol–water partition coefficient (Wildman–Crippen LogP) is 3.97. The fourth-order valence-corrected chi connectivity index (χ4v) is 3.41. The van der Waals surface area contributed by atoms with Gasteiger partial charge in [-0.3, -0.25) is 9.36 Å². The van der Waals surface area contributed by atoms with Crippen LogP contribution in [0, 0.1) is 6.92 Å². The van der Waals surface area contributed by atoms with Gasteiger partial charge in [0.2, 0.25) is 0 Å². The fourth-order valence-electron chi connectivity index (χ4n) is 3.05. The maximum Gasteiger partial charge on any atom is 0.261 e. The van der Waals surface area contributed by atoms with Gasteiger partial charge in [0.1, 0.15) is 5.82 Å². The largest absolute Gasteiger partial charge is 0.293 e. The van der Waals surface area contributed by atoms with Gasteiger partial charge in [0.15, 0.2) is 0 Å². The molecule has 0 unspecified atom stereocenters. The van der Waals surface area contributed by atoms with Crippen LogP contribution in [-0.4, -0.2) is 9.55 Å². The molecule has 3 nitrogen and oxygen atoms in total. The third-order valence-electron chi connectivity index (χ3n) is 3.98. The van der Waals surface area contributed by atoms with Gasteiger partial charge < -0.3 is 0 Å². The van der Waals surface area contributed by atoms with E-state index in [2.05, 4.69) is 20.9 Å². The highest BCUT2D eigenvalue weighted by atomic mass is 79.9. The van der Waals surface area contributed by atoms with Gasteiger partial charge in [-0.1, -0.05) is 35.2 Å². The summed E-state index contributed by atoms with van der Waals surface area (Å²) < 4.78 is 2.84. The number of nitrogens with zero attached hydrogens (tertiary/aromatic N) is 2. The number of hydrogen-bond acceptors (Lipinski definition) is 2. The Morgan fingerprint density at radius 3 is 2.74 bits per heavy atom. The van der Waals surface area contributed by atoms with Gasteiger partial charge in [-0.2, -0.15) is 0 Å². The Kier molecular flexibility index (Phi) is 3.44. The summed E-state index contributed by atoms with van der Waals surface area (Å²) in [6, 6.07) is 6.04. The first-order valence-corrected chi connectivity index (χ1v) is 7.64. The molecule has 0 amide bonds. The van der Waals surface area contributed by atoms with E-state index in [9.17, 15) is 4.79 Å². The lowest BCUT2D eigenvalue weighted by molar-refractivity contribution is 0.339. The summed E-state index contributed by atoms with van der Waals surface area (Å²) in [5, 5.41) is 0.713. The van der Waals surface area contributed by atoms with E-state index in [4.69, 9.17) is 0 Å². The number of benzene rings is 1. The zero-order valence-corrected chi connectivity index (χ0v) is 12.6. The topological polar surface area (TPSA) is 34.9 Å². The molecule has 0 spiro atoms. The van der Waals surface area contributed by atoms with E-state index in [0.29, 0.717) is 11.4 Å². The summed E-state index contributed by atoms with van der Waals surface area (Å²) in [6.07, 6.45) is 5.92. The number of rotatable bonds is 1. The molecule has 1 aliphatic rings. The average Bonchev–Trinajstić information content (AvgIpc) is 2.41. The lowest BCUT2D eigenvalue weighted by Crippen LogP contribution is -2.29. The van der Waals surface area contributed by atoms with Crippen molar-refractivity contribution in [1.82, 2.24) is 9.55 Å². The minimum atomic E-state index is 0.107. The maximum absolute atomic E-state index is 12.7. The molecular formula is C15H17BrN2O. The van der Waals surface area contributed by atoms with Gasteiger partial charge in [0, 0.05) is 10.5 Å². The van der Waals surface area contributed by atoms with Crippen molar-refractivity contribution in [1.29, 1.82) is 0 Å². The molecule has 1 heterocycles. The van der Waals surface area contributed by atoms with E-state index in [1.807, 2.05) is 29.7 Å². The molecule has 0 bridgehead atoms. The zero-order valence-electron chi connectivity index (χ0n) is 11.0. The van der Waals surface area contributed by atoms with Crippen LogP contribution in [0.3, 0.4) is 0 Å². The van der Waals surface area contributed by atoms with E-state index in [1.165, 1.54) is 19.3 Å². The zero-order chi connectivity index (χ0) is 13.4. The first-order chi connectivity index (χ1) is 9.16.